The molecule has 149 heavy (non-hydrogen) atoms. The number of hydrogen-bond donors (Lipinski definition) is 0. The Hall–Kier alpha value is -17.2. The zero-order valence-corrected chi connectivity index (χ0v) is 80.8. The van der Waals surface area contributed by atoms with Crippen molar-refractivity contribution in [1.29, 1.82) is 0 Å². The normalized spacial score (nSPS) is 13.8. The first kappa shape index (κ1) is 102. The molecule has 12 aromatic heterocycles. The van der Waals surface area contributed by atoms with Gasteiger partial charge in [-0.2, -0.15) is 52.7 Å². The summed E-state index contributed by atoms with van der Waals surface area (Å²) in [6.45, 7) is 8.57. The Bertz CT molecular complexity index is 7670. The summed E-state index contributed by atoms with van der Waals surface area (Å²) in [5, 5.41) is 0. The third-order valence-electron chi connectivity index (χ3n) is 24.1. The van der Waals surface area contributed by atoms with E-state index in [0.717, 1.165) is 76.6 Å². The Labute approximate surface area is 841 Å². The van der Waals surface area contributed by atoms with Gasteiger partial charge in [0.1, 0.15) is 59.3 Å². The molecule has 1 saturated carbocycles. The van der Waals surface area contributed by atoms with Gasteiger partial charge in [-0.15, -0.1) is 0 Å². The van der Waals surface area contributed by atoms with Gasteiger partial charge in [-0.25, -0.2) is 79.7 Å². The predicted molar refractivity (Wildman–Crippen MR) is 518 cm³/mol. The van der Waals surface area contributed by atoms with Crippen molar-refractivity contribution in [3.63, 3.8) is 0 Å². The molecule has 16 aromatic rings. The third-order valence-corrected chi connectivity index (χ3v) is 24.1. The number of carbonyl (C=O) groups excluding carboxylic acids is 4. The number of nitrogens with zero attached hydrogens (tertiary/aromatic N) is 24. The lowest BCUT2D eigenvalue weighted by atomic mass is 10.1. The number of halogens is 12. The third kappa shape index (κ3) is 23.1. The number of ether oxygens (including phenoxy) is 5. The van der Waals surface area contributed by atoms with Crippen LogP contribution in [0.3, 0.4) is 0 Å². The van der Waals surface area contributed by atoms with Crippen LogP contribution in [-0.2, 0) is 129 Å². The summed E-state index contributed by atoms with van der Waals surface area (Å²) in [4.78, 5) is 126. The van der Waals surface area contributed by atoms with E-state index in [1.165, 1.54) is 46.5 Å². The fraction of sp³-hybridized carbons (Fsp3) is 0.269. The summed E-state index contributed by atoms with van der Waals surface area (Å²) in [6, 6.07) is 42.0. The Morgan fingerprint density at radius 2 is 0.597 bits per heavy atom. The van der Waals surface area contributed by atoms with Gasteiger partial charge in [0.2, 0.25) is 47.1 Å². The molecule has 16 heterocycles. The number of amides is 4. The first-order valence-electron chi connectivity index (χ1n) is 46.6. The average Bonchev–Trinajstić information content (AvgIpc) is 1.64. The maximum Gasteiger partial charge on any atom is 0.434 e. The predicted octanol–water partition coefficient (Wildman–Crippen LogP) is 18.2. The van der Waals surface area contributed by atoms with E-state index in [0.29, 0.717) is 153 Å². The molecule has 1 fully saturated rings. The molecule has 0 saturated heterocycles. The van der Waals surface area contributed by atoms with Gasteiger partial charge >= 0.3 is 24.7 Å². The average molecular weight is 2050 g/mol. The molecule has 45 heteroatoms. The minimum Gasteiger partial charge on any atom is -0.477 e. The highest BCUT2D eigenvalue weighted by Gasteiger charge is 2.42. The van der Waals surface area contributed by atoms with Crippen LogP contribution in [0.1, 0.15) is 101 Å². The van der Waals surface area contributed by atoms with Crippen LogP contribution in [0.5, 0.6) is 23.5 Å². The van der Waals surface area contributed by atoms with Gasteiger partial charge in [0, 0.05) is 154 Å². The Kier molecular flexibility index (Phi) is 29.1. The van der Waals surface area contributed by atoms with Gasteiger partial charge < -0.3 is 42.0 Å². The molecule has 4 aromatic carbocycles. The molecule has 0 N–H and O–H groups in total. The second kappa shape index (κ2) is 42.5. The number of alkyl halides is 12. The first-order chi connectivity index (χ1) is 71.3. The van der Waals surface area contributed by atoms with Crippen molar-refractivity contribution in [2.75, 3.05) is 53.1 Å². The summed E-state index contributed by atoms with van der Waals surface area (Å²) in [5.74, 6) is 5.98. The number of methoxy groups -OCH3 is 1. The van der Waals surface area contributed by atoms with Gasteiger partial charge in [0.15, 0.2) is 46.1 Å². The van der Waals surface area contributed by atoms with Crippen LogP contribution in [0.25, 0.3) is 91.1 Å². The van der Waals surface area contributed by atoms with Gasteiger partial charge in [-0.3, -0.25) is 38.8 Å². The van der Waals surface area contributed by atoms with E-state index in [-0.39, 0.29) is 105 Å². The van der Waals surface area contributed by atoms with Crippen molar-refractivity contribution in [3.8, 4) is 115 Å². The molecular weight excluding hydrogens is 1960 g/mol. The van der Waals surface area contributed by atoms with Crippen molar-refractivity contribution in [2.24, 2.45) is 34.1 Å². The number of carbonyl (C=O) groups is 4. The molecule has 0 atom stereocenters. The van der Waals surface area contributed by atoms with E-state index >= 15 is 0 Å². The van der Waals surface area contributed by atoms with Crippen LogP contribution in [0.15, 0.2) is 220 Å². The van der Waals surface area contributed by atoms with E-state index in [1.54, 1.807) is 210 Å². The van der Waals surface area contributed by atoms with Crippen molar-refractivity contribution >= 4 is 46.9 Å². The fourth-order valence-electron chi connectivity index (χ4n) is 16.6. The molecule has 21 rings (SSSR count). The summed E-state index contributed by atoms with van der Waals surface area (Å²) in [6.07, 6.45) is 1.75. The number of fused-ring (bicyclic) bond motifs is 4. The summed E-state index contributed by atoms with van der Waals surface area (Å²) in [7, 11) is 7.64. The number of imidazole rings is 4. The van der Waals surface area contributed by atoms with Crippen LogP contribution >= 0.6 is 0 Å². The smallest absolute Gasteiger partial charge is 0.434 e. The van der Waals surface area contributed by atoms with Gasteiger partial charge in [0.05, 0.1) is 93.9 Å². The maximum absolute atomic E-state index is 13.0. The van der Waals surface area contributed by atoms with Crippen LogP contribution in [0, 0.1) is 5.92 Å². The number of aromatic nitrogens is 20. The van der Waals surface area contributed by atoms with E-state index in [2.05, 4.69) is 69.8 Å². The number of pyridine rings is 4. The number of aryl methyl sites for hydroxylation is 4. The summed E-state index contributed by atoms with van der Waals surface area (Å²) >= 11 is 0. The van der Waals surface area contributed by atoms with E-state index in [1.807, 2.05) is 32.9 Å². The Balaban J connectivity index is 0.000000130. The highest BCUT2D eigenvalue weighted by atomic mass is 19.4. The largest absolute Gasteiger partial charge is 0.477 e. The lowest BCUT2D eigenvalue weighted by molar-refractivity contribution is -0.141. The maximum atomic E-state index is 13.0. The quantitative estimate of drug-likeness (QED) is 0.0341. The Morgan fingerprint density at radius 1 is 0.336 bits per heavy atom. The van der Waals surface area contributed by atoms with Crippen molar-refractivity contribution < 1.29 is 95.5 Å². The minimum absolute atomic E-state index is 0.106. The fourth-order valence-corrected chi connectivity index (χ4v) is 16.6. The van der Waals surface area contributed by atoms with E-state index in [4.69, 9.17) is 33.7 Å². The molecule has 5 aliphatic rings. The lowest BCUT2D eigenvalue weighted by Crippen LogP contribution is -2.26. The van der Waals surface area contributed by atoms with E-state index < -0.39 is 47.5 Å². The lowest BCUT2D eigenvalue weighted by Gasteiger charge is -2.17. The first-order valence-corrected chi connectivity index (χ1v) is 46.6. The Morgan fingerprint density at radius 3 is 0.846 bits per heavy atom. The van der Waals surface area contributed by atoms with Gasteiger partial charge in [-0.05, 0) is 96.5 Å². The van der Waals surface area contributed by atoms with Crippen LogP contribution < -0.4 is 38.5 Å². The zero-order chi connectivity index (χ0) is 105. The molecule has 0 unspecified atom stereocenters. The van der Waals surface area contributed by atoms with Crippen LogP contribution in [0.4, 0.5) is 76.0 Å². The number of rotatable bonds is 27. The second-order valence-electron chi connectivity index (χ2n) is 35.5. The van der Waals surface area contributed by atoms with Crippen LogP contribution in [-0.4, -0.2) is 161 Å². The number of anilines is 4. The monoisotopic (exact) mass is 2050 g/mol. The topological polar surface area (TPSA) is 353 Å². The molecule has 0 radical (unpaired) electrons. The standard InChI is InChI=1S/C27H25F3N6O2.C26H23F3N6O3.C26H21F3N6O2.C25H21F3N6O2/c1-16(2)15-38-26-20(5-4-10-31-26)23-32-12-19-11-22(37)36(25(19)34-23)13-17-6-8-18(9-7-17)24-33-21(14-35(24)3)27(28,29)30;1-34-15-20(26(27,28)29)32-23(34)17-7-5-16(6-8-17)14-35-21(36)12-18-13-31-22(33-24(18)35)19-4-3-9-30-25(19)38-11-10-37-2;1-34-14-20(26(27,28)29)32-23(34)16-6-4-15(5-7-16)13-35-21(36)11-17-12-31-22(33-24(17)35)19-3-2-10-30-25(19)37-18-8-9-18;1-3-36-24-18(5-4-10-29-24)21-30-12-17-11-20(35)34(23(17)32-21)13-15-6-8-16(9-7-15)22-31-19(14-33(22)2)25(26,27)28/h4-10,12,14,16H,11,13,15H2,1-3H3;3-9,13,15H,10-12,14H2,1-2H3;2-7,10,12,14,18H,8-9,11,13H2,1H3;4-10,12,14H,3,11,13H2,1-2H3. The molecule has 4 aliphatic heterocycles. The van der Waals surface area contributed by atoms with Gasteiger partial charge in [-0.1, -0.05) is 111 Å². The second-order valence-corrected chi connectivity index (χ2v) is 35.5. The van der Waals surface area contributed by atoms with Gasteiger partial charge in [0.25, 0.3) is 0 Å². The molecular formula is C104H90F12N24O9. The summed E-state index contributed by atoms with van der Waals surface area (Å²) < 4.78 is 190. The number of benzene rings is 4. The zero-order valence-electron chi connectivity index (χ0n) is 80.8. The molecule has 1 aliphatic carbocycles. The van der Waals surface area contributed by atoms with Crippen LogP contribution in [0.2, 0.25) is 0 Å². The molecule has 33 nitrogen and oxygen atoms in total. The minimum atomic E-state index is -4.52. The van der Waals surface area contributed by atoms with E-state index in [9.17, 15) is 71.9 Å². The van der Waals surface area contributed by atoms with Crippen molar-refractivity contribution in [2.45, 2.75) is 116 Å². The molecule has 0 spiro atoms. The SMILES string of the molecule is CC(C)COc1ncccc1-c1ncc2c(n1)N(Cc1ccc(-c3nc(C(F)(F)F)cn3C)cc1)C(=O)C2.CCOc1ncccc1-c1ncc2c(n1)N(Cc1ccc(-c3nc(C(F)(F)F)cn3C)cc1)C(=O)C2.COCCOc1ncccc1-c1ncc2c(n1)N(Cc1ccc(-c3nc(C(F)(F)F)cn3C)cc1)C(=O)C2.Cn1cc(C(F)(F)F)nc1-c1ccc(CN2C(=O)Cc3cnc(-c4cccnc4OC4CC4)nc32)cc1. The highest BCUT2D eigenvalue weighted by molar-refractivity contribution is 6.03. The molecule has 0 bridgehead atoms. The molecule has 764 valence electrons. The molecule has 4 amide bonds. The van der Waals surface area contributed by atoms with Crippen molar-refractivity contribution in [1.82, 2.24) is 98.0 Å². The number of hydrogen-bond acceptors (Lipinski definition) is 25. The summed E-state index contributed by atoms with van der Waals surface area (Å²) in [5.41, 5.74) is 6.91. The highest BCUT2D eigenvalue weighted by Crippen LogP contribution is 2.43. The van der Waals surface area contributed by atoms with Crippen molar-refractivity contribution in [3.05, 3.63) is 287 Å².